The van der Waals surface area contributed by atoms with Crippen LogP contribution in [-0.4, -0.2) is 31.5 Å². The van der Waals surface area contributed by atoms with Crippen molar-refractivity contribution in [1.29, 1.82) is 0 Å². The van der Waals surface area contributed by atoms with Gasteiger partial charge in [-0.1, -0.05) is 0 Å². The van der Waals surface area contributed by atoms with Gasteiger partial charge in [-0.3, -0.25) is 9.59 Å². The second kappa shape index (κ2) is 9.39. The molecule has 4 rings (SSSR count). The summed E-state index contributed by atoms with van der Waals surface area (Å²) >= 11 is 5.23. The molecule has 0 spiro atoms. The van der Waals surface area contributed by atoms with Crippen LogP contribution in [0.1, 0.15) is 32.4 Å². The molecule has 0 atom stereocenters. The molecule has 0 fully saturated rings. The number of aryl methyl sites for hydroxylation is 1. The molecule has 0 saturated carbocycles. The highest BCUT2D eigenvalue weighted by molar-refractivity contribution is 9.10. The summed E-state index contributed by atoms with van der Waals surface area (Å²) in [6, 6.07) is 4.80. The van der Waals surface area contributed by atoms with E-state index in [1.54, 1.807) is 13.0 Å². The Morgan fingerprint density at radius 2 is 2.03 bits per heavy atom. The summed E-state index contributed by atoms with van der Waals surface area (Å²) in [7, 11) is 0. The second-order valence-corrected chi connectivity index (χ2v) is 10.4. The Balaban J connectivity index is 1.83. The van der Waals surface area contributed by atoms with Crippen LogP contribution >= 0.6 is 38.6 Å². The lowest BCUT2D eigenvalue weighted by molar-refractivity contribution is -0.390. The van der Waals surface area contributed by atoms with Gasteiger partial charge >= 0.3 is 5.82 Å². The number of nitro groups is 1. The number of anilines is 1. The fourth-order valence-electron chi connectivity index (χ4n) is 3.39. The summed E-state index contributed by atoms with van der Waals surface area (Å²) in [5, 5.41) is 17.9. The van der Waals surface area contributed by atoms with Gasteiger partial charge in [-0.2, -0.15) is 4.68 Å². The largest absolute Gasteiger partial charge is 0.404 e. The second-order valence-electron chi connectivity index (χ2n) is 7.34. The molecule has 0 aliphatic carbocycles. The lowest BCUT2D eigenvalue weighted by atomic mass is 10.1. The Morgan fingerprint density at radius 3 is 2.57 bits per heavy atom. The van der Waals surface area contributed by atoms with Crippen LogP contribution in [0.2, 0.25) is 0 Å². The summed E-state index contributed by atoms with van der Waals surface area (Å²) in [6.45, 7) is 2.98. The van der Waals surface area contributed by atoms with Crippen LogP contribution in [0, 0.1) is 24.0 Å². The van der Waals surface area contributed by atoms with Crippen molar-refractivity contribution in [3.8, 4) is 10.4 Å². The SMILES string of the molecule is Cc1ccc(-c2cc(C(F)F)nc3sc(C(N)=O)c(NC(=O)Cn4nc([N+](=O)[O-])c(Br)c4C)c23)s1. The highest BCUT2D eigenvalue weighted by Gasteiger charge is 2.28. The molecule has 0 bridgehead atoms. The summed E-state index contributed by atoms with van der Waals surface area (Å²) in [4.78, 5) is 41.2. The van der Waals surface area contributed by atoms with Crippen molar-refractivity contribution >= 4 is 72.1 Å². The maximum absolute atomic E-state index is 13.6. The zero-order valence-electron chi connectivity index (χ0n) is 18.0. The maximum atomic E-state index is 13.6. The first-order valence-electron chi connectivity index (χ1n) is 9.77. The summed E-state index contributed by atoms with van der Waals surface area (Å²) in [5.41, 5.74) is 5.80. The number of nitrogens with zero attached hydrogens (tertiary/aromatic N) is 4. The van der Waals surface area contributed by atoms with Gasteiger partial charge in [0.25, 0.3) is 12.3 Å². The number of nitrogens with two attached hydrogens (primary N) is 1. The number of nitrogens with one attached hydrogen (secondary N) is 1. The number of hydrogen-bond acceptors (Lipinski definition) is 8. The molecule has 0 saturated heterocycles. The smallest absolute Gasteiger partial charge is 0.365 e. The average Bonchev–Trinajstić information content (AvgIpc) is 3.45. The minimum Gasteiger partial charge on any atom is -0.365 e. The van der Waals surface area contributed by atoms with Crippen LogP contribution < -0.4 is 11.1 Å². The van der Waals surface area contributed by atoms with Gasteiger partial charge in [-0.05, 0) is 52.9 Å². The Hall–Kier alpha value is -3.30. The van der Waals surface area contributed by atoms with Crippen LogP contribution in [0.25, 0.3) is 20.7 Å². The molecule has 182 valence electrons. The van der Waals surface area contributed by atoms with Crippen molar-refractivity contribution in [2.24, 2.45) is 5.73 Å². The van der Waals surface area contributed by atoms with E-state index in [0.29, 0.717) is 21.5 Å². The first kappa shape index (κ1) is 24.8. The third-order valence-electron chi connectivity index (χ3n) is 4.98. The molecular weight excluding hydrogens is 570 g/mol. The number of carbonyl (C=O) groups is 2. The molecule has 10 nitrogen and oxygen atoms in total. The highest BCUT2D eigenvalue weighted by atomic mass is 79.9. The Kier molecular flexibility index (Phi) is 6.66. The first-order valence-corrected chi connectivity index (χ1v) is 12.2. The lowest BCUT2D eigenvalue weighted by Gasteiger charge is -2.10. The van der Waals surface area contributed by atoms with E-state index in [1.165, 1.54) is 17.4 Å². The molecule has 2 amide bonds. The summed E-state index contributed by atoms with van der Waals surface area (Å²) in [5.74, 6) is -1.98. The van der Waals surface area contributed by atoms with Crippen LogP contribution in [0.5, 0.6) is 0 Å². The molecule has 3 N–H and O–H groups in total. The van der Waals surface area contributed by atoms with E-state index in [0.717, 1.165) is 20.9 Å². The number of rotatable bonds is 7. The zero-order chi connectivity index (χ0) is 25.6. The predicted octanol–water partition coefficient (Wildman–Crippen LogP) is 5.18. The minimum atomic E-state index is -2.85. The normalized spacial score (nSPS) is 11.4. The number of thiophene rings is 2. The van der Waals surface area contributed by atoms with Crippen LogP contribution in [0.15, 0.2) is 22.7 Å². The first-order chi connectivity index (χ1) is 16.5. The number of amides is 2. The van der Waals surface area contributed by atoms with Crippen molar-refractivity contribution < 1.29 is 23.3 Å². The van der Waals surface area contributed by atoms with Gasteiger partial charge in [0, 0.05) is 20.7 Å². The Bertz CT molecular complexity index is 1510. The van der Waals surface area contributed by atoms with E-state index >= 15 is 0 Å². The van der Waals surface area contributed by atoms with Gasteiger partial charge in [0.05, 0.1) is 16.5 Å². The van der Waals surface area contributed by atoms with Crippen molar-refractivity contribution in [2.75, 3.05) is 5.32 Å². The van der Waals surface area contributed by atoms with Gasteiger partial charge in [0.1, 0.15) is 26.4 Å². The number of carbonyl (C=O) groups excluding carboxylic acids is 2. The quantitative estimate of drug-likeness (QED) is 0.226. The topological polar surface area (TPSA) is 146 Å². The predicted molar refractivity (Wildman–Crippen MR) is 131 cm³/mol. The van der Waals surface area contributed by atoms with E-state index in [9.17, 15) is 28.5 Å². The number of pyridine rings is 1. The number of alkyl halides is 2. The third-order valence-corrected chi connectivity index (χ3v) is 8.04. The fraction of sp³-hybridized carbons (Fsp3) is 0.200. The van der Waals surface area contributed by atoms with Crippen molar-refractivity contribution in [1.82, 2.24) is 14.8 Å². The molecule has 4 aromatic heterocycles. The molecular formula is C20H15BrF2N6O4S2. The summed E-state index contributed by atoms with van der Waals surface area (Å²) < 4.78 is 28.4. The number of primary amides is 1. The van der Waals surface area contributed by atoms with E-state index in [2.05, 4.69) is 31.3 Å². The molecule has 0 aromatic carbocycles. The zero-order valence-corrected chi connectivity index (χ0v) is 21.2. The Labute approximate surface area is 212 Å². The lowest BCUT2D eigenvalue weighted by Crippen LogP contribution is -2.22. The van der Waals surface area contributed by atoms with E-state index in [1.807, 2.05) is 13.0 Å². The third kappa shape index (κ3) is 4.66. The van der Waals surface area contributed by atoms with Crippen molar-refractivity contribution in [2.45, 2.75) is 26.8 Å². The van der Waals surface area contributed by atoms with Gasteiger partial charge in [0.2, 0.25) is 5.91 Å². The molecule has 4 heterocycles. The highest BCUT2D eigenvalue weighted by Crippen LogP contribution is 2.44. The maximum Gasteiger partial charge on any atom is 0.404 e. The molecule has 35 heavy (non-hydrogen) atoms. The molecule has 0 aliphatic heterocycles. The van der Waals surface area contributed by atoms with Crippen LogP contribution in [0.4, 0.5) is 20.3 Å². The van der Waals surface area contributed by atoms with E-state index in [4.69, 9.17) is 5.73 Å². The van der Waals surface area contributed by atoms with Crippen LogP contribution in [-0.2, 0) is 11.3 Å². The van der Waals surface area contributed by atoms with Crippen LogP contribution in [0.3, 0.4) is 0 Å². The van der Waals surface area contributed by atoms with Gasteiger partial charge < -0.3 is 21.2 Å². The number of hydrogen-bond donors (Lipinski definition) is 2. The standard InChI is InChI=1S/C20H15BrF2N6O4S2/c1-7-3-4-11(34-7)9-5-10(17(22)23)25-20-13(9)15(16(35-20)18(24)31)26-12(30)6-28-8(2)14(21)19(27-28)29(32)33/h3-5,17H,6H2,1-2H3,(H2,24,31)(H,26,30). The molecule has 0 unspecified atom stereocenters. The molecule has 15 heteroatoms. The monoisotopic (exact) mass is 584 g/mol. The van der Waals surface area contributed by atoms with Gasteiger partial charge in [-0.25, -0.2) is 13.8 Å². The van der Waals surface area contributed by atoms with Crippen molar-refractivity contribution in [3.63, 3.8) is 0 Å². The average molecular weight is 585 g/mol. The molecule has 0 aliphatic rings. The molecule has 0 radical (unpaired) electrons. The number of aromatic nitrogens is 3. The number of halogens is 3. The minimum absolute atomic E-state index is 0.0373. The van der Waals surface area contributed by atoms with E-state index in [-0.39, 0.29) is 19.9 Å². The van der Waals surface area contributed by atoms with E-state index < -0.39 is 41.2 Å². The van der Waals surface area contributed by atoms with Crippen molar-refractivity contribution in [3.05, 3.63) is 53.9 Å². The Morgan fingerprint density at radius 1 is 1.31 bits per heavy atom. The molecule has 4 aromatic rings. The van der Waals surface area contributed by atoms with Gasteiger partial charge in [-0.15, -0.1) is 22.7 Å². The summed E-state index contributed by atoms with van der Waals surface area (Å²) in [6.07, 6.45) is -2.85. The fourth-order valence-corrected chi connectivity index (χ4v) is 5.72. The number of fused-ring (bicyclic) bond motifs is 1. The van der Waals surface area contributed by atoms with Gasteiger partial charge in [0.15, 0.2) is 0 Å².